The number of amides is 2. The van der Waals surface area contributed by atoms with Crippen LogP contribution in [0.3, 0.4) is 0 Å². The van der Waals surface area contributed by atoms with Crippen LogP contribution < -0.4 is 20.1 Å². The number of carbonyl (C=O) groups excluding carboxylic acids is 2. The third-order valence-electron chi connectivity index (χ3n) is 8.22. The normalized spacial score (nSPS) is 11.0. The van der Waals surface area contributed by atoms with Gasteiger partial charge < -0.3 is 29.9 Å². The van der Waals surface area contributed by atoms with Gasteiger partial charge in [0.2, 0.25) is 11.8 Å². The Hall–Kier alpha value is -5.07. The van der Waals surface area contributed by atoms with E-state index in [9.17, 15) is 9.59 Å². The highest BCUT2D eigenvalue weighted by molar-refractivity contribution is 7.99. The second kappa shape index (κ2) is 23.8. The second-order valence-corrected chi connectivity index (χ2v) is 15.0. The van der Waals surface area contributed by atoms with E-state index in [4.69, 9.17) is 21.1 Å². The van der Waals surface area contributed by atoms with E-state index in [1.165, 1.54) is 0 Å². The van der Waals surface area contributed by atoms with Gasteiger partial charge in [-0.3, -0.25) is 14.3 Å². The molecule has 56 heavy (non-hydrogen) atoms. The number of unbranched alkanes of at least 4 members (excludes halogenated alkanes) is 1. The van der Waals surface area contributed by atoms with Crippen molar-refractivity contribution in [3.8, 4) is 11.6 Å². The Morgan fingerprint density at radius 2 is 1.52 bits per heavy atom. The van der Waals surface area contributed by atoms with Gasteiger partial charge in [0.25, 0.3) is 5.91 Å². The van der Waals surface area contributed by atoms with Crippen molar-refractivity contribution < 1.29 is 19.1 Å². The Kier molecular flexibility index (Phi) is 18.5. The van der Waals surface area contributed by atoms with Crippen molar-refractivity contribution >= 4 is 46.9 Å². The van der Waals surface area contributed by atoms with E-state index in [-0.39, 0.29) is 11.8 Å². The maximum absolute atomic E-state index is 12.9. The number of benzene rings is 4. The summed E-state index contributed by atoms with van der Waals surface area (Å²) in [4.78, 5) is 31.4. The maximum atomic E-state index is 12.9. The molecule has 12 heteroatoms. The standard InChI is InChI=1S/C23H28N4O3.C21H25ClN2OS/c1-26(2)14-7-15-30-22-16-21(27(25-22)17-18-8-5-4-6-9-18)23(28)24-19-10-12-20(29-3)13-11-19;1-24(2)16-6-5-15-23-21(25)14-9-17-7-3-4-8-20(17)26-19-12-10-18(22)11-13-19/h4-6,8-13,16H,7,14-15,17H2,1-3H3,(H,24,28);3-4,7-14H,5-6,15-16H2,1-2H3,(H,23,25)/b;14-9-. The lowest BCUT2D eigenvalue weighted by molar-refractivity contribution is -0.116. The molecule has 0 aliphatic carbocycles. The summed E-state index contributed by atoms with van der Waals surface area (Å²) >= 11 is 7.60. The molecule has 0 aliphatic rings. The SMILES string of the molecule is CN(C)CCCCNC(=O)/C=C\c1ccccc1Sc1ccc(Cl)cc1.COc1ccc(NC(=O)c2cc(OCCCN(C)C)nn2Cc2ccccc2)cc1. The fourth-order valence-corrected chi connectivity index (χ4v) is 6.33. The lowest BCUT2D eigenvalue weighted by Gasteiger charge is -2.09. The highest BCUT2D eigenvalue weighted by Gasteiger charge is 2.17. The van der Waals surface area contributed by atoms with Crippen LogP contribution in [0.2, 0.25) is 5.02 Å². The number of carbonyl (C=O) groups is 2. The molecule has 4 aromatic carbocycles. The van der Waals surface area contributed by atoms with E-state index < -0.39 is 0 Å². The summed E-state index contributed by atoms with van der Waals surface area (Å²) < 4.78 is 12.6. The molecule has 1 aromatic heterocycles. The molecule has 0 spiro atoms. The maximum Gasteiger partial charge on any atom is 0.274 e. The predicted octanol–water partition coefficient (Wildman–Crippen LogP) is 8.49. The summed E-state index contributed by atoms with van der Waals surface area (Å²) in [5, 5.41) is 11.1. The molecule has 5 rings (SSSR count). The molecule has 10 nitrogen and oxygen atoms in total. The zero-order valence-electron chi connectivity index (χ0n) is 32.9. The molecule has 2 N–H and O–H groups in total. The van der Waals surface area contributed by atoms with Gasteiger partial charge in [0.1, 0.15) is 11.4 Å². The van der Waals surface area contributed by atoms with Crippen molar-refractivity contribution in [2.24, 2.45) is 0 Å². The number of aromatic nitrogens is 2. The van der Waals surface area contributed by atoms with Crippen LogP contribution in [0.5, 0.6) is 11.6 Å². The first-order valence-corrected chi connectivity index (χ1v) is 19.8. The van der Waals surface area contributed by atoms with E-state index in [2.05, 4.69) is 45.7 Å². The quantitative estimate of drug-likeness (QED) is 0.0635. The molecule has 296 valence electrons. The van der Waals surface area contributed by atoms with Crippen LogP contribution in [0.4, 0.5) is 5.69 Å². The third-order valence-corrected chi connectivity index (χ3v) is 9.57. The Morgan fingerprint density at radius 3 is 2.21 bits per heavy atom. The van der Waals surface area contributed by atoms with E-state index in [1.54, 1.807) is 60.0 Å². The summed E-state index contributed by atoms with van der Waals surface area (Å²) in [6, 6.07) is 34.6. The Morgan fingerprint density at radius 1 is 0.839 bits per heavy atom. The van der Waals surface area contributed by atoms with Crippen molar-refractivity contribution in [1.82, 2.24) is 24.9 Å². The first-order valence-electron chi connectivity index (χ1n) is 18.6. The molecule has 0 saturated carbocycles. The molecule has 0 atom stereocenters. The van der Waals surface area contributed by atoms with E-state index in [1.807, 2.05) is 93.0 Å². The van der Waals surface area contributed by atoms with E-state index >= 15 is 0 Å². The highest BCUT2D eigenvalue weighted by atomic mass is 35.5. The van der Waals surface area contributed by atoms with Crippen molar-refractivity contribution in [2.45, 2.75) is 35.6 Å². The van der Waals surface area contributed by atoms with E-state index in [0.717, 1.165) is 64.0 Å². The number of methoxy groups -OCH3 is 1. The third kappa shape index (κ3) is 16.0. The van der Waals surface area contributed by atoms with Gasteiger partial charge in [0.05, 0.1) is 20.3 Å². The fourth-order valence-electron chi connectivity index (χ4n) is 5.28. The summed E-state index contributed by atoms with van der Waals surface area (Å²) in [6.45, 7) is 3.70. The molecule has 5 aromatic rings. The van der Waals surface area contributed by atoms with Crippen molar-refractivity contribution in [3.05, 3.63) is 137 Å². The minimum atomic E-state index is -0.244. The molecule has 1 heterocycles. The van der Waals surface area contributed by atoms with Crippen LogP contribution in [0, 0.1) is 0 Å². The average Bonchev–Trinajstić information content (AvgIpc) is 3.60. The van der Waals surface area contributed by atoms with Gasteiger partial charge in [-0.15, -0.1) is 5.10 Å². The number of hydrogen-bond acceptors (Lipinski definition) is 8. The molecule has 0 fully saturated rings. The van der Waals surface area contributed by atoms with Crippen molar-refractivity contribution in [1.29, 1.82) is 0 Å². The first kappa shape index (κ1) is 43.7. The average molecular weight is 797 g/mol. The number of anilines is 1. The van der Waals surface area contributed by atoms with Crippen LogP contribution in [0.1, 0.15) is 40.9 Å². The van der Waals surface area contributed by atoms with Gasteiger partial charge in [-0.2, -0.15) is 0 Å². The molecular weight excluding hydrogens is 744 g/mol. The van der Waals surface area contributed by atoms with Gasteiger partial charge in [-0.25, -0.2) is 0 Å². The second-order valence-electron chi connectivity index (χ2n) is 13.4. The van der Waals surface area contributed by atoms with Crippen molar-refractivity contribution in [3.63, 3.8) is 0 Å². The molecule has 0 radical (unpaired) electrons. The number of hydrogen-bond donors (Lipinski definition) is 2. The lowest BCUT2D eigenvalue weighted by atomic mass is 10.2. The summed E-state index contributed by atoms with van der Waals surface area (Å²) in [7, 11) is 9.77. The van der Waals surface area contributed by atoms with Crippen LogP contribution in [0.15, 0.2) is 125 Å². The summed E-state index contributed by atoms with van der Waals surface area (Å²) in [5.74, 6) is 0.882. The molecule has 0 unspecified atom stereocenters. The van der Waals surface area contributed by atoms with Gasteiger partial charge in [0.15, 0.2) is 0 Å². The topological polar surface area (TPSA) is 101 Å². The van der Waals surface area contributed by atoms with Crippen LogP contribution in [-0.2, 0) is 11.3 Å². The van der Waals surface area contributed by atoms with Crippen LogP contribution >= 0.6 is 23.4 Å². The lowest BCUT2D eigenvalue weighted by Crippen LogP contribution is -2.23. The smallest absolute Gasteiger partial charge is 0.274 e. The molecule has 0 aliphatic heterocycles. The van der Waals surface area contributed by atoms with Gasteiger partial charge in [-0.05, 0) is 126 Å². The summed E-state index contributed by atoms with van der Waals surface area (Å²) in [5.41, 5.74) is 3.20. The van der Waals surface area contributed by atoms with Gasteiger partial charge in [0, 0.05) is 45.7 Å². The van der Waals surface area contributed by atoms with Crippen LogP contribution in [-0.4, -0.2) is 92.9 Å². The number of nitrogens with one attached hydrogen (secondary N) is 2. The van der Waals surface area contributed by atoms with Gasteiger partial charge >= 0.3 is 0 Å². The Balaban J connectivity index is 0.000000251. The molecule has 0 bridgehead atoms. The molecule has 0 saturated heterocycles. The number of nitrogens with zero attached hydrogens (tertiary/aromatic N) is 4. The number of halogens is 1. The zero-order valence-corrected chi connectivity index (χ0v) is 34.5. The molecule has 2 amide bonds. The molecular formula is C44H53ClN6O4S. The Labute approximate surface area is 340 Å². The minimum Gasteiger partial charge on any atom is -0.497 e. The predicted molar refractivity (Wildman–Crippen MR) is 229 cm³/mol. The first-order chi connectivity index (χ1) is 27.1. The minimum absolute atomic E-state index is 0.0545. The van der Waals surface area contributed by atoms with Gasteiger partial charge in [-0.1, -0.05) is 71.9 Å². The van der Waals surface area contributed by atoms with E-state index in [0.29, 0.717) is 37.0 Å². The zero-order chi connectivity index (χ0) is 40.1. The van der Waals surface area contributed by atoms with Crippen molar-refractivity contribution in [2.75, 3.05) is 66.9 Å². The largest absolute Gasteiger partial charge is 0.497 e. The highest BCUT2D eigenvalue weighted by Crippen LogP contribution is 2.31. The monoisotopic (exact) mass is 796 g/mol. The fraction of sp³-hybridized carbons (Fsp3) is 0.295. The summed E-state index contributed by atoms with van der Waals surface area (Å²) in [6.07, 6.45) is 6.42. The van der Waals surface area contributed by atoms with Crippen LogP contribution in [0.25, 0.3) is 6.08 Å². The number of ether oxygens (including phenoxy) is 2. The Bertz CT molecular complexity index is 1950. The number of rotatable bonds is 19.